The summed E-state index contributed by atoms with van der Waals surface area (Å²) in [5.41, 5.74) is 0.613. The zero-order valence-corrected chi connectivity index (χ0v) is 12.9. The second-order valence-corrected chi connectivity index (χ2v) is 7.65. The summed E-state index contributed by atoms with van der Waals surface area (Å²) in [5, 5.41) is 0. The van der Waals surface area contributed by atoms with E-state index in [2.05, 4.69) is 46.4 Å². The lowest BCUT2D eigenvalue weighted by Crippen LogP contribution is -2.29. The van der Waals surface area contributed by atoms with E-state index in [4.69, 9.17) is 0 Å². The van der Waals surface area contributed by atoms with Gasteiger partial charge in [0.25, 0.3) is 0 Å². The molecule has 102 valence electrons. The lowest BCUT2D eigenvalue weighted by atomic mass is 9.89. The van der Waals surface area contributed by atoms with E-state index in [0.717, 1.165) is 19.4 Å². The van der Waals surface area contributed by atoms with Crippen molar-refractivity contribution < 1.29 is 4.79 Å². The molecule has 2 nitrogen and oxygen atoms in total. The molecule has 0 aliphatic rings. The standard InChI is InChI=1S/C15H31NO/c1-14(2,3)9-8-13(17)12-16(7)11-10-15(4,5)6/h8-12H2,1-7H3. The summed E-state index contributed by atoms with van der Waals surface area (Å²) in [4.78, 5) is 13.9. The molecule has 2 heteroatoms. The number of nitrogens with zero attached hydrogens (tertiary/aromatic N) is 1. The summed E-state index contributed by atoms with van der Waals surface area (Å²) in [6, 6.07) is 0. The van der Waals surface area contributed by atoms with Gasteiger partial charge >= 0.3 is 0 Å². The SMILES string of the molecule is CN(CCC(C)(C)C)CC(=O)CCC(C)(C)C. The molecule has 0 aromatic rings. The van der Waals surface area contributed by atoms with Crippen molar-refractivity contribution in [2.75, 3.05) is 20.1 Å². The Bertz CT molecular complexity index is 232. The minimum Gasteiger partial charge on any atom is -0.299 e. The van der Waals surface area contributed by atoms with Crippen LogP contribution in [0.3, 0.4) is 0 Å². The lowest BCUT2D eigenvalue weighted by Gasteiger charge is -2.23. The van der Waals surface area contributed by atoms with Crippen LogP contribution in [-0.4, -0.2) is 30.8 Å². The molecule has 0 bridgehead atoms. The van der Waals surface area contributed by atoms with Crippen LogP contribution in [0.1, 0.15) is 60.8 Å². The van der Waals surface area contributed by atoms with Crippen molar-refractivity contribution in [3.05, 3.63) is 0 Å². The summed E-state index contributed by atoms with van der Waals surface area (Å²) < 4.78 is 0. The molecular weight excluding hydrogens is 210 g/mol. The molecule has 0 saturated carbocycles. The van der Waals surface area contributed by atoms with Crippen LogP contribution in [0, 0.1) is 10.8 Å². The highest BCUT2D eigenvalue weighted by Crippen LogP contribution is 2.21. The molecule has 0 radical (unpaired) electrons. The number of carbonyl (C=O) groups excluding carboxylic acids is 1. The first-order valence-electron chi connectivity index (χ1n) is 6.70. The molecule has 0 unspecified atom stereocenters. The second-order valence-electron chi connectivity index (χ2n) is 7.65. The summed E-state index contributed by atoms with van der Waals surface area (Å²) in [5.74, 6) is 0.372. The molecule has 0 heterocycles. The summed E-state index contributed by atoms with van der Waals surface area (Å²) in [6.45, 7) is 14.9. The van der Waals surface area contributed by atoms with E-state index in [1.165, 1.54) is 0 Å². The summed E-state index contributed by atoms with van der Waals surface area (Å²) in [7, 11) is 2.04. The number of hydrogen-bond acceptors (Lipinski definition) is 2. The maximum atomic E-state index is 11.8. The molecule has 0 amide bonds. The van der Waals surface area contributed by atoms with E-state index in [-0.39, 0.29) is 5.41 Å². The normalized spacial score (nSPS) is 13.2. The lowest BCUT2D eigenvalue weighted by molar-refractivity contribution is -0.120. The van der Waals surface area contributed by atoms with E-state index in [0.29, 0.717) is 24.2 Å². The van der Waals surface area contributed by atoms with Crippen LogP contribution >= 0.6 is 0 Å². The Morgan fingerprint density at radius 1 is 0.941 bits per heavy atom. The number of hydrogen-bond donors (Lipinski definition) is 0. The number of rotatable bonds is 6. The average Bonchev–Trinajstić information content (AvgIpc) is 2.09. The minimum atomic E-state index is 0.264. The van der Waals surface area contributed by atoms with Crippen LogP contribution in [0.5, 0.6) is 0 Å². The Morgan fingerprint density at radius 3 is 1.82 bits per heavy atom. The van der Waals surface area contributed by atoms with Gasteiger partial charge in [-0.3, -0.25) is 9.69 Å². The number of Topliss-reactive ketones (excluding diaryl/α,β-unsaturated/α-hetero) is 1. The topological polar surface area (TPSA) is 20.3 Å². The van der Waals surface area contributed by atoms with Crippen LogP contribution in [0.25, 0.3) is 0 Å². The van der Waals surface area contributed by atoms with Gasteiger partial charge in [-0.1, -0.05) is 41.5 Å². The zero-order valence-electron chi connectivity index (χ0n) is 12.9. The van der Waals surface area contributed by atoms with E-state index in [1.54, 1.807) is 0 Å². The third-order valence-corrected chi connectivity index (χ3v) is 2.84. The van der Waals surface area contributed by atoms with Gasteiger partial charge in [0.15, 0.2) is 0 Å². The maximum absolute atomic E-state index is 11.8. The molecule has 0 saturated heterocycles. The van der Waals surface area contributed by atoms with Gasteiger partial charge < -0.3 is 0 Å². The van der Waals surface area contributed by atoms with Crippen molar-refractivity contribution >= 4 is 5.78 Å². The highest BCUT2D eigenvalue weighted by molar-refractivity contribution is 5.80. The van der Waals surface area contributed by atoms with Crippen LogP contribution in [0.4, 0.5) is 0 Å². The first-order chi connectivity index (χ1) is 7.49. The first-order valence-corrected chi connectivity index (χ1v) is 6.70. The molecule has 0 aliphatic heterocycles. The van der Waals surface area contributed by atoms with Crippen molar-refractivity contribution in [1.29, 1.82) is 0 Å². The Hall–Kier alpha value is -0.370. The van der Waals surface area contributed by atoms with Crippen molar-refractivity contribution in [3.8, 4) is 0 Å². The van der Waals surface area contributed by atoms with Gasteiger partial charge in [-0.25, -0.2) is 0 Å². The van der Waals surface area contributed by atoms with Crippen molar-refractivity contribution in [3.63, 3.8) is 0 Å². The summed E-state index contributed by atoms with van der Waals surface area (Å²) in [6.07, 6.45) is 2.83. The largest absolute Gasteiger partial charge is 0.299 e. The van der Waals surface area contributed by atoms with Gasteiger partial charge in [0, 0.05) is 6.42 Å². The van der Waals surface area contributed by atoms with E-state index in [1.807, 2.05) is 7.05 Å². The average molecular weight is 241 g/mol. The smallest absolute Gasteiger partial charge is 0.146 e. The second kappa shape index (κ2) is 6.53. The van der Waals surface area contributed by atoms with E-state index >= 15 is 0 Å². The van der Waals surface area contributed by atoms with Crippen molar-refractivity contribution in [2.45, 2.75) is 60.8 Å². The molecular formula is C15H31NO. The Balaban J connectivity index is 3.81. The van der Waals surface area contributed by atoms with Crippen LogP contribution in [-0.2, 0) is 4.79 Å². The highest BCUT2D eigenvalue weighted by atomic mass is 16.1. The van der Waals surface area contributed by atoms with Crippen LogP contribution < -0.4 is 0 Å². The molecule has 0 N–H and O–H groups in total. The molecule has 17 heavy (non-hydrogen) atoms. The predicted octanol–water partition coefficient (Wildman–Crippen LogP) is 3.75. The van der Waals surface area contributed by atoms with Crippen LogP contribution in [0.15, 0.2) is 0 Å². The van der Waals surface area contributed by atoms with Gasteiger partial charge in [0.2, 0.25) is 0 Å². The molecule has 0 fully saturated rings. The Labute approximate surface area is 108 Å². The first kappa shape index (κ1) is 16.6. The Kier molecular flexibility index (Phi) is 6.39. The van der Waals surface area contributed by atoms with Crippen LogP contribution in [0.2, 0.25) is 0 Å². The number of likely N-dealkylation sites (N-methyl/N-ethyl adjacent to an activating group) is 1. The highest BCUT2D eigenvalue weighted by Gasteiger charge is 2.15. The monoisotopic (exact) mass is 241 g/mol. The molecule has 0 rings (SSSR count). The fraction of sp³-hybridized carbons (Fsp3) is 0.933. The third kappa shape index (κ3) is 11.9. The van der Waals surface area contributed by atoms with Gasteiger partial charge in [-0.2, -0.15) is 0 Å². The van der Waals surface area contributed by atoms with Gasteiger partial charge in [-0.05, 0) is 37.3 Å². The molecule has 0 aromatic carbocycles. The Morgan fingerprint density at radius 2 is 1.41 bits per heavy atom. The van der Waals surface area contributed by atoms with E-state index < -0.39 is 0 Å². The number of ketones is 1. The third-order valence-electron chi connectivity index (χ3n) is 2.84. The van der Waals surface area contributed by atoms with Gasteiger partial charge in [0.05, 0.1) is 6.54 Å². The van der Waals surface area contributed by atoms with Gasteiger partial charge in [-0.15, -0.1) is 0 Å². The van der Waals surface area contributed by atoms with Crippen molar-refractivity contribution in [2.24, 2.45) is 10.8 Å². The minimum absolute atomic E-state index is 0.264. The molecule has 0 atom stereocenters. The summed E-state index contributed by atoms with van der Waals surface area (Å²) >= 11 is 0. The fourth-order valence-corrected chi connectivity index (χ4v) is 1.50. The molecule has 0 spiro atoms. The molecule has 0 aromatic heterocycles. The quantitative estimate of drug-likeness (QED) is 0.706. The van der Waals surface area contributed by atoms with Crippen molar-refractivity contribution in [1.82, 2.24) is 4.90 Å². The van der Waals surface area contributed by atoms with Gasteiger partial charge in [0.1, 0.15) is 5.78 Å². The predicted molar refractivity (Wildman–Crippen MR) is 75.3 cm³/mol. The number of carbonyl (C=O) groups is 1. The zero-order chi connectivity index (χ0) is 13.7. The maximum Gasteiger partial charge on any atom is 0.146 e. The molecule has 0 aliphatic carbocycles. The van der Waals surface area contributed by atoms with E-state index in [9.17, 15) is 4.79 Å². The fourth-order valence-electron chi connectivity index (χ4n) is 1.50.